The molecule has 1 rings (SSSR count). The Hall–Kier alpha value is -2.04. The van der Waals surface area contributed by atoms with Gasteiger partial charge in [0.1, 0.15) is 0 Å². The lowest BCUT2D eigenvalue weighted by atomic mass is 9.96. The van der Waals surface area contributed by atoms with Gasteiger partial charge in [-0.3, -0.25) is 9.79 Å². The average Bonchev–Trinajstić information content (AvgIpc) is 2.49. The maximum atomic E-state index is 11.8. The van der Waals surface area contributed by atoms with Crippen LogP contribution in [0.2, 0.25) is 0 Å². The van der Waals surface area contributed by atoms with Crippen LogP contribution in [-0.2, 0) is 4.79 Å². The predicted molar refractivity (Wildman–Crippen MR) is 91.8 cm³/mol. The van der Waals surface area contributed by atoms with Gasteiger partial charge in [0.15, 0.2) is 5.96 Å². The standard InChI is InChI=1S/C17H28N4O/c1-13(14-9-7-6-8-10-14)21-16(18-5)20-12-11-19-15(22)17(2,3)4/h6-10,13H,11-12H2,1-5H3,(H,19,22)(H2,18,20,21). The molecule has 0 saturated heterocycles. The zero-order valence-corrected chi connectivity index (χ0v) is 14.2. The highest BCUT2D eigenvalue weighted by Crippen LogP contribution is 2.12. The van der Waals surface area contributed by atoms with E-state index in [-0.39, 0.29) is 17.4 Å². The zero-order chi connectivity index (χ0) is 16.6. The van der Waals surface area contributed by atoms with Crippen LogP contribution in [0.1, 0.15) is 39.3 Å². The van der Waals surface area contributed by atoms with Crippen LogP contribution in [0, 0.1) is 5.41 Å². The molecule has 0 spiro atoms. The van der Waals surface area contributed by atoms with E-state index in [1.54, 1.807) is 7.05 Å². The van der Waals surface area contributed by atoms with Crippen molar-refractivity contribution >= 4 is 11.9 Å². The molecule has 0 aliphatic rings. The van der Waals surface area contributed by atoms with Crippen LogP contribution >= 0.6 is 0 Å². The maximum absolute atomic E-state index is 11.8. The summed E-state index contributed by atoms with van der Waals surface area (Å²) >= 11 is 0. The Labute approximate surface area is 133 Å². The van der Waals surface area contributed by atoms with E-state index < -0.39 is 0 Å². The van der Waals surface area contributed by atoms with Gasteiger partial charge in [0, 0.05) is 25.6 Å². The summed E-state index contributed by atoms with van der Waals surface area (Å²) < 4.78 is 0. The van der Waals surface area contributed by atoms with Gasteiger partial charge in [-0.15, -0.1) is 0 Å². The van der Waals surface area contributed by atoms with Crippen molar-refractivity contribution in [1.82, 2.24) is 16.0 Å². The molecule has 0 aromatic heterocycles. The average molecular weight is 304 g/mol. The summed E-state index contributed by atoms with van der Waals surface area (Å²) in [4.78, 5) is 16.0. The Morgan fingerprint density at radius 3 is 2.27 bits per heavy atom. The number of hydrogen-bond donors (Lipinski definition) is 3. The molecule has 5 nitrogen and oxygen atoms in total. The third-order valence-corrected chi connectivity index (χ3v) is 3.26. The van der Waals surface area contributed by atoms with E-state index in [9.17, 15) is 4.79 Å². The molecule has 1 unspecified atom stereocenters. The van der Waals surface area contributed by atoms with E-state index in [4.69, 9.17) is 0 Å². The fraction of sp³-hybridized carbons (Fsp3) is 0.529. The molecular formula is C17H28N4O. The first kappa shape index (κ1) is 18.0. The number of hydrogen-bond acceptors (Lipinski definition) is 2. The first-order valence-electron chi connectivity index (χ1n) is 7.65. The summed E-state index contributed by atoms with van der Waals surface area (Å²) in [5.41, 5.74) is 0.841. The number of guanidine groups is 1. The molecule has 1 aromatic rings. The second kappa shape index (κ2) is 8.41. The van der Waals surface area contributed by atoms with Crippen molar-refractivity contribution in [2.45, 2.75) is 33.7 Å². The van der Waals surface area contributed by atoms with Crippen molar-refractivity contribution in [3.63, 3.8) is 0 Å². The number of aliphatic imine (C=N–C) groups is 1. The molecule has 1 aromatic carbocycles. The Kier molecular flexibility index (Phi) is 6.89. The minimum Gasteiger partial charge on any atom is -0.355 e. The highest BCUT2D eigenvalue weighted by Gasteiger charge is 2.20. The Balaban J connectivity index is 2.36. The second-order valence-electron chi connectivity index (χ2n) is 6.28. The van der Waals surface area contributed by atoms with Gasteiger partial charge >= 0.3 is 0 Å². The quantitative estimate of drug-likeness (QED) is 0.443. The van der Waals surface area contributed by atoms with Crippen LogP contribution in [-0.4, -0.2) is 32.0 Å². The predicted octanol–water partition coefficient (Wildman–Crippen LogP) is 2.07. The van der Waals surface area contributed by atoms with Crippen molar-refractivity contribution < 1.29 is 4.79 Å². The number of nitrogens with zero attached hydrogens (tertiary/aromatic N) is 1. The molecule has 0 radical (unpaired) electrons. The van der Waals surface area contributed by atoms with Gasteiger partial charge in [0.25, 0.3) is 0 Å². The Bertz CT molecular complexity index is 491. The van der Waals surface area contributed by atoms with Gasteiger partial charge in [-0.25, -0.2) is 0 Å². The number of amides is 1. The molecule has 0 heterocycles. The monoisotopic (exact) mass is 304 g/mol. The van der Waals surface area contributed by atoms with Gasteiger partial charge in [0.2, 0.25) is 5.91 Å². The number of nitrogens with one attached hydrogen (secondary N) is 3. The molecule has 0 aliphatic heterocycles. The summed E-state index contributed by atoms with van der Waals surface area (Å²) in [7, 11) is 1.74. The van der Waals surface area contributed by atoms with Crippen LogP contribution in [0.15, 0.2) is 35.3 Å². The summed E-state index contributed by atoms with van der Waals surface area (Å²) in [6.45, 7) is 8.98. The number of benzene rings is 1. The topological polar surface area (TPSA) is 65.5 Å². The first-order chi connectivity index (χ1) is 10.3. The van der Waals surface area contributed by atoms with Gasteiger partial charge in [0.05, 0.1) is 6.04 Å². The molecule has 0 aliphatic carbocycles. The van der Waals surface area contributed by atoms with E-state index in [1.165, 1.54) is 5.56 Å². The summed E-state index contributed by atoms with van der Waals surface area (Å²) in [5, 5.41) is 9.43. The molecule has 22 heavy (non-hydrogen) atoms. The van der Waals surface area contributed by atoms with Crippen LogP contribution in [0.25, 0.3) is 0 Å². The lowest BCUT2D eigenvalue weighted by molar-refractivity contribution is -0.128. The summed E-state index contributed by atoms with van der Waals surface area (Å²) in [5.74, 6) is 0.774. The fourth-order valence-electron chi connectivity index (χ4n) is 1.85. The van der Waals surface area contributed by atoms with Crippen molar-refractivity contribution in [3.8, 4) is 0 Å². The second-order valence-corrected chi connectivity index (χ2v) is 6.28. The minimum atomic E-state index is -0.359. The van der Waals surface area contributed by atoms with E-state index >= 15 is 0 Å². The molecule has 3 N–H and O–H groups in total. The highest BCUT2D eigenvalue weighted by molar-refractivity contribution is 5.82. The fourth-order valence-corrected chi connectivity index (χ4v) is 1.85. The lowest BCUT2D eigenvalue weighted by Gasteiger charge is -2.20. The van der Waals surface area contributed by atoms with Gasteiger partial charge in [-0.2, -0.15) is 0 Å². The number of carbonyl (C=O) groups is 1. The van der Waals surface area contributed by atoms with Crippen LogP contribution < -0.4 is 16.0 Å². The molecule has 122 valence electrons. The molecule has 0 fully saturated rings. The molecule has 0 saturated carbocycles. The SMILES string of the molecule is CN=C(NCCNC(=O)C(C)(C)C)NC(C)c1ccccc1. The van der Waals surface area contributed by atoms with Crippen LogP contribution in [0.4, 0.5) is 0 Å². The number of rotatable bonds is 5. The van der Waals surface area contributed by atoms with Gasteiger partial charge in [-0.1, -0.05) is 51.1 Å². The van der Waals surface area contributed by atoms with E-state index in [1.807, 2.05) is 39.0 Å². The Morgan fingerprint density at radius 2 is 1.73 bits per heavy atom. The van der Waals surface area contributed by atoms with Crippen molar-refractivity contribution in [2.75, 3.05) is 20.1 Å². The minimum absolute atomic E-state index is 0.0508. The van der Waals surface area contributed by atoms with E-state index in [0.29, 0.717) is 13.1 Å². The van der Waals surface area contributed by atoms with E-state index in [0.717, 1.165) is 5.96 Å². The normalized spacial score (nSPS) is 13.4. The number of carbonyl (C=O) groups excluding carboxylic acids is 1. The molecular weight excluding hydrogens is 276 g/mol. The molecule has 0 bridgehead atoms. The zero-order valence-electron chi connectivity index (χ0n) is 14.2. The van der Waals surface area contributed by atoms with E-state index in [2.05, 4.69) is 40.0 Å². The van der Waals surface area contributed by atoms with Crippen molar-refractivity contribution in [2.24, 2.45) is 10.4 Å². The van der Waals surface area contributed by atoms with Crippen LogP contribution in [0.3, 0.4) is 0 Å². The largest absolute Gasteiger partial charge is 0.355 e. The summed E-state index contributed by atoms with van der Waals surface area (Å²) in [6.07, 6.45) is 0. The third kappa shape index (κ3) is 6.16. The third-order valence-electron chi connectivity index (χ3n) is 3.26. The first-order valence-corrected chi connectivity index (χ1v) is 7.65. The van der Waals surface area contributed by atoms with Crippen LogP contribution in [0.5, 0.6) is 0 Å². The van der Waals surface area contributed by atoms with Gasteiger partial charge in [-0.05, 0) is 12.5 Å². The molecule has 1 atom stereocenters. The highest BCUT2D eigenvalue weighted by atomic mass is 16.2. The van der Waals surface area contributed by atoms with Crippen molar-refractivity contribution in [3.05, 3.63) is 35.9 Å². The van der Waals surface area contributed by atoms with Gasteiger partial charge < -0.3 is 16.0 Å². The Morgan fingerprint density at radius 1 is 1.14 bits per heavy atom. The smallest absolute Gasteiger partial charge is 0.225 e. The molecule has 5 heteroatoms. The maximum Gasteiger partial charge on any atom is 0.225 e. The lowest BCUT2D eigenvalue weighted by Crippen LogP contribution is -2.44. The van der Waals surface area contributed by atoms with Crippen molar-refractivity contribution in [1.29, 1.82) is 0 Å². The molecule has 1 amide bonds. The summed E-state index contributed by atoms with van der Waals surface area (Å²) in [6, 6.07) is 10.4.